The smallest absolute Gasteiger partial charge is 0.263 e. The van der Waals surface area contributed by atoms with E-state index in [1.807, 2.05) is 29.4 Å². The number of nitrogens with one attached hydrogen (secondary N) is 1. The normalized spacial score (nSPS) is 17.4. The molecular formula is C25H32FN5O3S2. The molecule has 1 aliphatic heterocycles. The van der Waals surface area contributed by atoms with Crippen LogP contribution < -0.4 is 9.62 Å². The molecule has 36 heavy (non-hydrogen) atoms. The molecule has 0 aliphatic carbocycles. The lowest BCUT2D eigenvalue weighted by Crippen LogP contribution is -2.55. The lowest BCUT2D eigenvalue weighted by molar-refractivity contribution is -0.136. The molecule has 0 radical (unpaired) electrons. The van der Waals surface area contributed by atoms with E-state index < -0.39 is 16.1 Å². The Bertz CT molecular complexity index is 1500. The number of halogens is 1. The van der Waals surface area contributed by atoms with Gasteiger partial charge in [-0.25, -0.2) is 17.8 Å². The highest BCUT2D eigenvalue weighted by molar-refractivity contribution is 7.93. The number of sulfonamides is 1. The van der Waals surface area contributed by atoms with Gasteiger partial charge >= 0.3 is 0 Å². The number of rotatable bonds is 6. The predicted octanol–water partition coefficient (Wildman–Crippen LogP) is 5.07. The average Bonchev–Trinajstić information content (AvgIpc) is 3.53. The molecular weight excluding hydrogens is 501 g/mol. The van der Waals surface area contributed by atoms with Gasteiger partial charge in [0.1, 0.15) is 11.9 Å². The van der Waals surface area contributed by atoms with Gasteiger partial charge in [-0.2, -0.15) is 0 Å². The Balaban J connectivity index is 0.00000178. The summed E-state index contributed by atoms with van der Waals surface area (Å²) in [6.45, 7) is 5.60. The van der Waals surface area contributed by atoms with Crippen molar-refractivity contribution < 1.29 is 21.9 Å². The number of anilines is 2. The molecule has 1 saturated heterocycles. The lowest BCUT2D eigenvalue weighted by Gasteiger charge is -2.42. The molecule has 1 amide bonds. The van der Waals surface area contributed by atoms with Crippen molar-refractivity contribution in [2.24, 2.45) is 0 Å². The van der Waals surface area contributed by atoms with E-state index in [-0.39, 0.29) is 26.9 Å². The first kappa shape index (κ1) is 24.3. The van der Waals surface area contributed by atoms with Crippen molar-refractivity contribution in [3.63, 3.8) is 0 Å². The van der Waals surface area contributed by atoms with Crippen LogP contribution in [-0.2, 0) is 14.8 Å². The zero-order chi connectivity index (χ0) is 25.4. The van der Waals surface area contributed by atoms with Crippen molar-refractivity contribution in [2.45, 2.75) is 30.8 Å². The van der Waals surface area contributed by atoms with E-state index in [0.29, 0.717) is 35.7 Å². The van der Waals surface area contributed by atoms with Gasteiger partial charge in [-0.05, 0) is 56.3 Å². The highest BCUT2D eigenvalue weighted by atomic mass is 32.2. The summed E-state index contributed by atoms with van der Waals surface area (Å²) in [5.41, 5.74) is 1.59. The van der Waals surface area contributed by atoms with Crippen LogP contribution in [0.25, 0.3) is 10.9 Å². The topological polar surface area (TPSA) is 87.5 Å². The summed E-state index contributed by atoms with van der Waals surface area (Å²) in [5, 5.41) is 2.52. The van der Waals surface area contributed by atoms with Crippen molar-refractivity contribution in [2.75, 3.05) is 29.3 Å². The summed E-state index contributed by atoms with van der Waals surface area (Å²) in [6, 6.07) is 12.8. The number of thiazole rings is 1. The van der Waals surface area contributed by atoms with Gasteiger partial charge in [-0.15, -0.1) is 11.3 Å². The summed E-state index contributed by atoms with van der Waals surface area (Å²) in [5.74, 6) is -0.315. The monoisotopic (exact) mass is 533 g/mol. The molecule has 11 heteroatoms. The third-order valence-corrected chi connectivity index (χ3v) is 8.73. The molecule has 0 saturated carbocycles. The van der Waals surface area contributed by atoms with Crippen LogP contribution in [0.5, 0.6) is 0 Å². The van der Waals surface area contributed by atoms with Crippen LogP contribution in [0.1, 0.15) is 24.2 Å². The average molecular weight is 534 g/mol. The first-order valence-electron chi connectivity index (χ1n) is 11.6. The third-order valence-electron chi connectivity index (χ3n) is 6.56. The first-order chi connectivity index (χ1) is 17.2. The summed E-state index contributed by atoms with van der Waals surface area (Å²) in [7, 11) is -3.71. The standard InChI is InChI=1S/C25H26FN5O3S2.3H2/c1-17-16-29(19-6-8-20(9-7-19)36(33,34)28-25-27-11-15-35-25)13-14-30(17)24(32)18(2)31-12-10-21-22(26)4-3-5-23(21)31;;;/h3-12,15,17-18H,13-14,16H2,1-2H3,(H,27,28);3*1H/t17-,18-;;;/m1.../s1. The Kier molecular flexibility index (Phi) is 6.44. The van der Waals surface area contributed by atoms with Crippen molar-refractivity contribution in [1.29, 1.82) is 0 Å². The van der Waals surface area contributed by atoms with Gasteiger partial charge in [0.05, 0.1) is 10.4 Å². The minimum atomic E-state index is -3.71. The van der Waals surface area contributed by atoms with Crippen LogP contribution in [0, 0.1) is 5.82 Å². The number of carbonyl (C=O) groups is 1. The second-order valence-corrected chi connectivity index (χ2v) is 11.4. The molecule has 2 aromatic heterocycles. The Morgan fingerprint density at radius 2 is 1.97 bits per heavy atom. The molecule has 4 aromatic rings. The van der Waals surface area contributed by atoms with Gasteiger partial charge in [0.25, 0.3) is 10.0 Å². The molecule has 2 atom stereocenters. The lowest BCUT2D eigenvalue weighted by atomic mass is 10.1. The Morgan fingerprint density at radius 1 is 1.19 bits per heavy atom. The maximum Gasteiger partial charge on any atom is 0.263 e. The van der Waals surface area contributed by atoms with Crippen LogP contribution >= 0.6 is 11.3 Å². The fourth-order valence-electron chi connectivity index (χ4n) is 4.65. The van der Waals surface area contributed by atoms with Gasteiger partial charge in [-0.3, -0.25) is 9.52 Å². The summed E-state index contributed by atoms with van der Waals surface area (Å²) in [4.78, 5) is 21.5. The zero-order valence-electron chi connectivity index (χ0n) is 19.8. The third kappa shape index (κ3) is 4.56. The second-order valence-electron chi connectivity index (χ2n) is 8.83. The quantitative estimate of drug-likeness (QED) is 0.374. The van der Waals surface area contributed by atoms with E-state index in [4.69, 9.17) is 0 Å². The van der Waals surface area contributed by atoms with E-state index in [9.17, 15) is 17.6 Å². The number of carbonyl (C=O) groups excluding carboxylic acids is 1. The van der Waals surface area contributed by atoms with Crippen LogP contribution in [-0.4, -0.2) is 54.5 Å². The zero-order valence-corrected chi connectivity index (χ0v) is 21.5. The van der Waals surface area contributed by atoms with E-state index in [2.05, 4.69) is 14.6 Å². The molecule has 8 nitrogen and oxygen atoms in total. The second kappa shape index (κ2) is 9.55. The molecule has 1 aliphatic rings. The number of piperazine rings is 1. The molecule has 2 aromatic carbocycles. The maximum atomic E-state index is 14.1. The molecule has 0 unspecified atom stereocenters. The summed E-state index contributed by atoms with van der Waals surface area (Å²) < 4.78 is 43.6. The van der Waals surface area contributed by atoms with Gasteiger partial charge in [0.2, 0.25) is 5.91 Å². The van der Waals surface area contributed by atoms with E-state index in [1.165, 1.54) is 17.4 Å². The van der Waals surface area contributed by atoms with Crippen molar-refractivity contribution in [1.82, 2.24) is 14.5 Å². The molecule has 1 fully saturated rings. The molecule has 0 spiro atoms. The molecule has 194 valence electrons. The highest BCUT2D eigenvalue weighted by Gasteiger charge is 2.31. The highest BCUT2D eigenvalue weighted by Crippen LogP contribution is 2.27. The first-order valence-corrected chi connectivity index (χ1v) is 13.9. The number of amides is 1. The number of hydrogen-bond donors (Lipinski definition) is 1. The number of hydrogen-bond acceptors (Lipinski definition) is 6. The fraction of sp³-hybridized carbons (Fsp3) is 0.280. The van der Waals surface area contributed by atoms with Crippen molar-refractivity contribution in [3.05, 3.63) is 72.1 Å². The van der Waals surface area contributed by atoms with Gasteiger partial charge in [-0.1, -0.05) is 6.07 Å². The van der Waals surface area contributed by atoms with E-state index >= 15 is 0 Å². The molecule has 3 heterocycles. The molecule has 1 N–H and O–H groups in total. The van der Waals surface area contributed by atoms with E-state index in [1.54, 1.807) is 54.2 Å². The fourth-order valence-corrected chi connectivity index (χ4v) is 6.44. The predicted molar refractivity (Wildman–Crippen MR) is 146 cm³/mol. The molecule has 0 bridgehead atoms. The van der Waals surface area contributed by atoms with E-state index in [0.717, 1.165) is 5.69 Å². The van der Waals surface area contributed by atoms with Gasteiger partial charge < -0.3 is 14.4 Å². The summed E-state index contributed by atoms with van der Waals surface area (Å²) in [6.07, 6.45) is 3.30. The largest absolute Gasteiger partial charge is 0.368 e. The van der Waals surface area contributed by atoms with Crippen LogP contribution in [0.4, 0.5) is 15.2 Å². The SMILES string of the molecule is C[C@@H]1CN(c2ccc(S(=O)(=O)Nc3nccs3)cc2)CCN1C(=O)[C@@H](C)n1ccc2c(F)cccc21.[HH].[HH].[HH]. The number of fused-ring (bicyclic) bond motifs is 1. The Hall–Kier alpha value is -3.44. The maximum absolute atomic E-state index is 14.1. The van der Waals surface area contributed by atoms with Crippen molar-refractivity contribution in [3.8, 4) is 0 Å². The Labute approximate surface area is 217 Å². The molecule has 5 rings (SSSR count). The van der Waals surface area contributed by atoms with Crippen molar-refractivity contribution >= 4 is 49.0 Å². The number of benzene rings is 2. The van der Waals surface area contributed by atoms with Crippen LogP contribution in [0.3, 0.4) is 0 Å². The minimum Gasteiger partial charge on any atom is -0.368 e. The van der Waals surface area contributed by atoms with Crippen LogP contribution in [0.2, 0.25) is 0 Å². The summed E-state index contributed by atoms with van der Waals surface area (Å²) >= 11 is 1.22. The van der Waals surface area contributed by atoms with Gasteiger partial charge in [0.15, 0.2) is 5.13 Å². The number of nitrogens with zero attached hydrogens (tertiary/aromatic N) is 4. The minimum absolute atomic E-state index is 0. The Morgan fingerprint density at radius 3 is 2.67 bits per heavy atom. The van der Waals surface area contributed by atoms with Crippen LogP contribution in [0.15, 0.2) is 71.2 Å². The van der Waals surface area contributed by atoms with Gasteiger partial charge in [0, 0.05) is 58.8 Å². The number of aromatic nitrogens is 2.